The SMILES string of the molecule is CC(NC(=O)c1ccccc1)c1nc2ccccc2n1CC(N)=O. The van der Waals surface area contributed by atoms with Gasteiger partial charge in [-0.15, -0.1) is 0 Å². The quantitative estimate of drug-likeness (QED) is 0.753. The first-order chi connectivity index (χ1) is 11.6. The van der Waals surface area contributed by atoms with Crippen LogP contribution >= 0.6 is 0 Å². The molecule has 0 aliphatic carbocycles. The Balaban J connectivity index is 1.93. The van der Waals surface area contributed by atoms with Crippen LogP contribution in [0.25, 0.3) is 11.0 Å². The van der Waals surface area contributed by atoms with Crippen LogP contribution < -0.4 is 11.1 Å². The van der Waals surface area contributed by atoms with Gasteiger partial charge < -0.3 is 15.6 Å². The van der Waals surface area contributed by atoms with E-state index in [9.17, 15) is 9.59 Å². The molecular formula is C18H18N4O2. The zero-order chi connectivity index (χ0) is 17.1. The number of primary amides is 1. The summed E-state index contributed by atoms with van der Waals surface area (Å²) in [6, 6.07) is 16.1. The van der Waals surface area contributed by atoms with Crippen molar-refractivity contribution in [2.24, 2.45) is 5.73 Å². The molecule has 0 saturated heterocycles. The van der Waals surface area contributed by atoms with E-state index >= 15 is 0 Å². The molecule has 3 rings (SSSR count). The van der Waals surface area contributed by atoms with E-state index in [1.54, 1.807) is 16.7 Å². The van der Waals surface area contributed by atoms with Gasteiger partial charge in [-0.3, -0.25) is 9.59 Å². The molecule has 0 aliphatic heterocycles. The number of rotatable bonds is 5. The molecule has 2 aromatic carbocycles. The van der Waals surface area contributed by atoms with E-state index in [1.165, 1.54) is 0 Å². The molecule has 2 amide bonds. The summed E-state index contributed by atoms with van der Waals surface area (Å²) >= 11 is 0. The second kappa shape index (κ2) is 6.54. The molecule has 0 fully saturated rings. The van der Waals surface area contributed by atoms with E-state index in [2.05, 4.69) is 10.3 Å². The predicted molar refractivity (Wildman–Crippen MR) is 91.3 cm³/mol. The first-order valence-corrected chi connectivity index (χ1v) is 7.65. The number of carbonyl (C=O) groups excluding carboxylic acids is 2. The number of imidazole rings is 1. The summed E-state index contributed by atoms with van der Waals surface area (Å²) < 4.78 is 1.74. The zero-order valence-electron chi connectivity index (χ0n) is 13.3. The first-order valence-electron chi connectivity index (χ1n) is 7.65. The van der Waals surface area contributed by atoms with Crippen molar-refractivity contribution >= 4 is 22.8 Å². The molecule has 1 unspecified atom stereocenters. The van der Waals surface area contributed by atoms with Crippen LogP contribution in [0.5, 0.6) is 0 Å². The number of nitrogens with one attached hydrogen (secondary N) is 1. The number of hydrogen-bond donors (Lipinski definition) is 2. The average Bonchev–Trinajstić information content (AvgIpc) is 2.94. The van der Waals surface area contributed by atoms with Gasteiger partial charge in [-0.2, -0.15) is 0 Å². The molecule has 3 N–H and O–H groups in total. The molecule has 6 heteroatoms. The van der Waals surface area contributed by atoms with Gasteiger partial charge in [-0.05, 0) is 31.2 Å². The number of benzene rings is 2. The fourth-order valence-electron chi connectivity index (χ4n) is 2.68. The van der Waals surface area contributed by atoms with Gasteiger partial charge in [0.05, 0.1) is 17.1 Å². The maximum absolute atomic E-state index is 12.3. The molecular weight excluding hydrogens is 304 g/mol. The van der Waals surface area contributed by atoms with E-state index in [1.807, 2.05) is 49.4 Å². The second-order valence-electron chi connectivity index (χ2n) is 5.57. The molecule has 1 atom stereocenters. The summed E-state index contributed by atoms with van der Waals surface area (Å²) in [5.74, 6) is -0.0546. The third kappa shape index (κ3) is 3.12. The fourth-order valence-corrected chi connectivity index (χ4v) is 2.68. The summed E-state index contributed by atoms with van der Waals surface area (Å²) in [6.45, 7) is 1.85. The molecule has 1 heterocycles. The van der Waals surface area contributed by atoms with Crippen LogP contribution in [0.15, 0.2) is 54.6 Å². The fraction of sp³-hybridized carbons (Fsp3) is 0.167. The van der Waals surface area contributed by atoms with Crippen LogP contribution in [-0.2, 0) is 11.3 Å². The van der Waals surface area contributed by atoms with Crippen molar-refractivity contribution in [1.82, 2.24) is 14.9 Å². The third-order valence-electron chi connectivity index (χ3n) is 3.77. The summed E-state index contributed by atoms with van der Waals surface area (Å²) in [4.78, 5) is 28.3. The van der Waals surface area contributed by atoms with Gasteiger partial charge >= 0.3 is 0 Å². The Morgan fingerprint density at radius 3 is 2.50 bits per heavy atom. The number of hydrogen-bond acceptors (Lipinski definition) is 3. The molecule has 1 aromatic heterocycles. The third-order valence-corrected chi connectivity index (χ3v) is 3.77. The van der Waals surface area contributed by atoms with Crippen LogP contribution in [0, 0.1) is 0 Å². The number of amides is 2. The van der Waals surface area contributed by atoms with Crippen molar-refractivity contribution in [1.29, 1.82) is 0 Å². The molecule has 0 saturated carbocycles. The van der Waals surface area contributed by atoms with Gasteiger partial charge in [0.25, 0.3) is 5.91 Å². The Kier molecular flexibility index (Phi) is 4.29. The first kappa shape index (κ1) is 15.7. The zero-order valence-corrected chi connectivity index (χ0v) is 13.3. The molecule has 3 aromatic rings. The lowest BCUT2D eigenvalue weighted by atomic mass is 10.2. The Morgan fingerprint density at radius 2 is 1.79 bits per heavy atom. The van der Waals surface area contributed by atoms with Crippen molar-refractivity contribution < 1.29 is 9.59 Å². The Morgan fingerprint density at radius 1 is 1.12 bits per heavy atom. The molecule has 0 radical (unpaired) electrons. The van der Waals surface area contributed by atoms with Crippen LogP contribution in [0.4, 0.5) is 0 Å². The van der Waals surface area contributed by atoms with Crippen LogP contribution in [0.3, 0.4) is 0 Å². The van der Waals surface area contributed by atoms with Crippen molar-refractivity contribution in [2.75, 3.05) is 0 Å². The van der Waals surface area contributed by atoms with E-state index in [4.69, 9.17) is 5.73 Å². The van der Waals surface area contributed by atoms with Crippen molar-refractivity contribution in [3.05, 3.63) is 66.0 Å². The molecule has 0 aliphatic rings. The molecule has 24 heavy (non-hydrogen) atoms. The van der Waals surface area contributed by atoms with Gasteiger partial charge in [0.2, 0.25) is 5.91 Å². The normalized spacial score (nSPS) is 12.0. The van der Waals surface area contributed by atoms with Gasteiger partial charge in [0.1, 0.15) is 12.4 Å². The molecule has 122 valence electrons. The van der Waals surface area contributed by atoms with Gasteiger partial charge in [0.15, 0.2) is 0 Å². The maximum Gasteiger partial charge on any atom is 0.251 e. The number of carbonyl (C=O) groups is 2. The highest BCUT2D eigenvalue weighted by Crippen LogP contribution is 2.21. The predicted octanol–water partition coefficient (Wildman–Crippen LogP) is 2.01. The Bertz CT molecular complexity index is 886. The summed E-state index contributed by atoms with van der Waals surface area (Å²) in [5, 5.41) is 2.91. The number of nitrogens with two attached hydrogens (primary N) is 1. The second-order valence-corrected chi connectivity index (χ2v) is 5.57. The van der Waals surface area contributed by atoms with Gasteiger partial charge in [-0.25, -0.2) is 4.98 Å². The minimum absolute atomic E-state index is 0.0153. The standard InChI is InChI=1S/C18H18N4O2/c1-12(20-18(24)13-7-3-2-4-8-13)17-21-14-9-5-6-10-15(14)22(17)11-16(19)23/h2-10,12H,11H2,1H3,(H2,19,23)(H,20,24). The number of aromatic nitrogens is 2. The van der Waals surface area contributed by atoms with E-state index in [-0.39, 0.29) is 18.5 Å². The number of para-hydroxylation sites is 2. The summed E-state index contributed by atoms with van der Waals surface area (Å²) in [7, 11) is 0. The highest BCUT2D eigenvalue weighted by atomic mass is 16.2. The lowest BCUT2D eigenvalue weighted by Gasteiger charge is -2.15. The van der Waals surface area contributed by atoms with Crippen molar-refractivity contribution in [2.45, 2.75) is 19.5 Å². The molecule has 6 nitrogen and oxygen atoms in total. The smallest absolute Gasteiger partial charge is 0.251 e. The van der Waals surface area contributed by atoms with Gasteiger partial charge in [0, 0.05) is 5.56 Å². The minimum atomic E-state index is -0.457. The minimum Gasteiger partial charge on any atom is -0.368 e. The van der Waals surface area contributed by atoms with E-state index in [0.717, 1.165) is 11.0 Å². The topological polar surface area (TPSA) is 90.0 Å². The number of nitrogens with zero attached hydrogens (tertiary/aromatic N) is 2. The highest BCUT2D eigenvalue weighted by Gasteiger charge is 2.19. The largest absolute Gasteiger partial charge is 0.368 e. The maximum atomic E-state index is 12.3. The molecule has 0 bridgehead atoms. The number of fused-ring (bicyclic) bond motifs is 1. The molecule has 0 spiro atoms. The summed E-state index contributed by atoms with van der Waals surface area (Å²) in [6.07, 6.45) is 0. The van der Waals surface area contributed by atoms with Crippen LogP contribution in [0.1, 0.15) is 29.1 Å². The Hall–Kier alpha value is -3.15. The van der Waals surface area contributed by atoms with E-state index in [0.29, 0.717) is 11.4 Å². The van der Waals surface area contributed by atoms with Crippen molar-refractivity contribution in [3.8, 4) is 0 Å². The van der Waals surface area contributed by atoms with Crippen LogP contribution in [0.2, 0.25) is 0 Å². The monoisotopic (exact) mass is 322 g/mol. The van der Waals surface area contributed by atoms with Crippen LogP contribution in [-0.4, -0.2) is 21.4 Å². The highest BCUT2D eigenvalue weighted by molar-refractivity contribution is 5.94. The van der Waals surface area contributed by atoms with Crippen molar-refractivity contribution in [3.63, 3.8) is 0 Å². The van der Waals surface area contributed by atoms with E-state index < -0.39 is 5.91 Å². The summed E-state index contributed by atoms with van der Waals surface area (Å²) in [5.41, 5.74) is 7.50. The lowest BCUT2D eigenvalue weighted by molar-refractivity contribution is -0.118. The van der Waals surface area contributed by atoms with Gasteiger partial charge in [-0.1, -0.05) is 30.3 Å². The lowest BCUT2D eigenvalue weighted by Crippen LogP contribution is -2.30. The Labute approximate surface area is 139 Å². The average molecular weight is 322 g/mol.